The molecule has 4 nitrogen and oxygen atoms in total. The minimum Gasteiger partial charge on any atom is -0.362 e. The molecule has 0 atom stereocenters. The molecule has 0 spiro atoms. The summed E-state index contributed by atoms with van der Waals surface area (Å²) in [7, 11) is 1.66. The van der Waals surface area contributed by atoms with Gasteiger partial charge in [0.05, 0.1) is 6.54 Å². The Morgan fingerprint density at radius 1 is 1.35 bits per heavy atom. The van der Waals surface area contributed by atoms with Crippen molar-refractivity contribution in [1.29, 1.82) is 0 Å². The van der Waals surface area contributed by atoms with Crippen LogP contribution in [-0.2, 0) is 11.3 Å². The second-order valence-electron chi connectivity index (χ2n) is 4.65. The third-order valence-corrected chi connectivity index (χ3v) is 3.29. The molecule has 0 aromatic heterocycles. The first-order valence-electron chi connectivity index (χ1n) is 7.07. The van der Waals surface area contributed by atoms with Crippen molar-refractivity contribution in [3.8, 4) is 0 Å². The average molecular weight is 298 g/mol. The molecule has 2 N–H and O–H groups in total. The highest BCUT2D eigenvalue weighted by atomic mass is 35.5. The Morgan fingerprint density at radius 2 is 2.10 bits per heavy atom. The van der Waals surface area contributed by atoms with E-state index >= 15 is 0 Å². The molecule has 0 aliphatic heterocycles. The molecule has 1 aromatic carbocycles. The van der Waals surface area contributed by atoms with Gasteiger partial charge in [0.25, 0.3) is 0 Å². The van der Waals surface area contributed by atoms with E-state index in [1.807, 2.05) is 18.2 Å². The predicted octanol–water partition coefficient (Wildman–Crippen LogP) is 2.41. The van der Waals surface area contributed by atoms with Crippen LogP contribution in [0.3, 0.4) is 0 Å². The van der Waals surface area contributed by atoms with E-state index in [1.165, 1.54) is 0 Å². The fraction of sp³-hybridized carbons (Fsp3) is 0.533. The third kappa shape index (κ3) is 5.02. The maximum Gasteiger partial charge on any atom is 0.239 e. The summed E-state index contributed by atoms with van der Waals surface area (Å²) in [5, 5.41) is 6.71. The lowest BCUT2D eigenvalue weighted by Crippen LogP contribution is -2.36. The number of benzene rings is 1. The van der Waals surface area contributed by atoms with Gasteiger partial charge < -0.3 is 15.5 Å². The number of hydrogen-bond donors (Lipinski definition) is 2. The smallest absolute Gasteiger partial charge is 0.239 e. The molecule has 0 heterocycles. The van der Waals surface area contributed by atoms with Crippen LogP contribution in [0.15, 0.2) is 18.2 Å². The summed E-state index contributed by atoms with van der Waals surface area (Å²) in [4.78, 5) is 13.8. The Balaban J connectivity index is 3.00. The van der Waals surface area contributed by atoms with Gasteiger partial charge in [0.15, 0.2) is 0 Å². The molecule has 1 aromatic rings. The van der Waals surface area contributed by atoms with Crippen LogP contribution in [-0.4, -0.2) is 32.6 Å². The summed E-state index contributed by atoms with van der Waals surface area (Å²) in [6.45, 7) is 7.03. The predicted molar refractivity (Wildman–Crippen MR) is 85.4 cm³/mol. The van der Waals surface area contributed by atoms with E-state index in [1.54, 1.807) is 7.05 Å². The first-order valence-corrected chi connectivity index (χ1v) is 7.44. The Kier molecular flexibility index (Phi) is 7.41. The number of hydrogen-bond acceptors (Lipinski definition) is 3. The summed E-state index contributed by atoms with van der Waals surface area (Å²) in [5.41, 5.74) is 2.19. The normalized spacial score (nSPS) is 10.4. The van der Waals surface area contributed by atoms with Crippen LogP contribution in [0.25, 0.3) is 0 Å². The third-order valence-electron chi connectivity index (χ3n) is 3.05. The number of nitrogens with one attached hydrogen (secondary N) is 2. The molecule has 0 bridgehead atoms. The van der Waals surface area contributed by atoms with Crippen LogP contribution >= 0.6 is 11.6 Å². The summed E-state index contributed by atoms with van der Waals surface area (Å²) < 4.78 is 0. The molecule has 5 heteroatoms. The van der Waals surface area contributed by atoms with Gasteiger partial charge in [-0.25, -0.2) is 0 Å². The highest BCUT2D eigenvalue weighted by Crippen LogP contribution is 2.24. The van der Waals surface area contributed by atoms with Crippen molar-refractivity contribution in [3.63, 3.8) is 0 Å². The van der Waals surface area contributed by atoms with Crippen LogP contribution in [0.1, 0.15) is 25.8 Å². The molecule has 112 valence electrons. The minimum absolute atomic E-state index is 0.0165. The van der Waals surface area contributed by atoms with E-state index in [9.17, 15) is 4.79 Å². The molecular formula is C15H24ClN3O. The van der Waals surface area contributed by atoms with Crippen molar-refractivity contribution >= 4 is 23.2 Å². The topological polar surface area (TPSA) is 44.4 Å². The van der Waals surface area contributed by atoms with Crippen LogP contribution in [0.5, 0.6) is 0 Å². The van der Waals surface area contributed by atoms with Crippen molar-refractivity contribution < 1.29 is 4.79 Å². The summed E-state index contributed by atoms with van der Waals surface area (Å²) in [5.74, 6) is 0.0165. The Labute approximate surface area is 126 Å². The van der Waals surface area contributed by atoms with Gasteiger partial charge in [-0.15, -0.1) is 0 Å². The molecule has 1 rings (SSSR count). The molecule has 0 unspecified atom stereocenters. The van der Waals surface area contributed by atoms with Gasteiger partial charge in [-0.1, -0.05) is 25.4 Å². The van der Waals surface area contributed by atoms with E-state index in [4.69, 9.17) is 11.6 Å². The minimum atomic E-state index is 0.0165. The maximum atomic E-state index is 11.7. The lowest BCUT2D eigenvalue weighted by Gasteiger charge is -2.26. The first kappa shape index (κ1) is 16.8. The van der Waals surface area contributed by atoms with Crippen LogP contribution in [0, 0.1) is 0 Å². The highest BCUT2D eigenvalue weighted by Gasteiger charge is 2.14. The number of carbonyl (C=O) groups is 1. The first-order chi connectivity index (χ1) is 9.62. The van der Waals surface area contributed by atoms with Crippen molar-refractivity contribution in [3.05, 3.63) is 28.8 Å². The summed E-state index contributed by atoms with van der Waals surface area (Å²) >= 11 is 6.08. The van der Waals surface area contributed by atoms with Gasteiger partial charge in [0, 0.05) is 30.8 Å². The van der Waals surface area contributed by atoms with Gasteiger partial charge in [-0.3, -0.25) is 4.79 Å². The van der Waals surface area contributed by atoms with Gasteiger partial charge in [-0.2, -0.15) is 0 Å². The Morgan fingerprint density at radius 3 is 2.70 bits per heavy atom. The fourth-order valence-electron chi connectivity index (χ4n) is 2.07. The number of nitrogens with zero attached hydrogens (tertiary/aromatic N) is 1. The van der Waals surface area contributed by atoms with Gasteiger partial charge in [-0.05, 0) is 36.7 Å². The summed E-state index contributed by atoms with van der Waals surface area (Å²) in [6.07, 6.45) is 0.986. The molecule has 0 saturated carbocycles. The molecular weight excluding hydrogens is 274 g/mol. The van der Waals surface area contributed by atoms with Crippen LogP contribution < -0.4 is 15.5 Å². The molecule has 0 aliphatic rings. The van der Waals surface area contributed by atoms with E-state index < -0.39 is 0 Å². The zero-order valence-corrected chi connectivity index (χ0v) is 13.3. The number of halogens is 1. The molecule has 0 saturated heterocycles. The quantitative estimate of drug-likeness (QED) is 0.774. The summed E-state index contributed by atoms with van der Waals surface area (Å²) in [6, 6.07) is 5.83. The van der Waals surface area contributed by atoms with Crippen LogP contribution in [0.4, 0.5) is 5.69 Å². The SMILES string of the molecule is CCCN(CC(=O)NC)c1ccc(Cl)cc1CNCC. The number of anilines is 1. The zero-order chi connectivity index (χ0) is 15.0. The fourth-order valence-corrected chi connectivity index (χ4v) is 2.27. The number of likely N-dealkylation sites (N-methyl/N-ethyl adjacent to an activating group) is 1. The van der Waals surface area contributed by atoms with E-state index in [-0.39, 0.29) is 5.91 Å². The van der Waals surface area contributed by atoms with Crippen molar-refractivity contribution in [2.24, 2.45) is 0 Å². The second-order valence-corrected chi connectivity index (χ2v) is 5.08. The highest BCUT2D eigenvalue weighted by molar-refractivity contribution is 6.30. The Hall–Kier alpha value is -1.26. The van der Waals surface area contributed by atoms with Crippen molar-refractivity contribution in [2.45, 2.75) is 26.8 Å². The monoisotopic (exact) mass is 297 g/mol. The average Bonchev–Trinajstić information content (AvgIpc) is 2.44. The molecule has 1 amide bonds. The Bertz CT molecular complexity index is 437. The zero-order valence-electron chi connectivity index (χ0n) is 12.5. The number of rotatable bonds is 8. The largest absolute Gasteiger partial charge is 0.362 e. The van der Waals surface area contributed by atoms with E-state index in [2.05, 4.69) is 29.4 Å². The molecule has 0 fully saturated rings. The van der Waals surface area contributed by atoms with Crippen molar-refractivity contribution in [2.75, 3.05) is 31.6 Å². The van der Waals surface area contributed by atoms with Gasteiger partial charge >= 0.3 is 0 Å². The van der Waals surface area contributed by atoms with E-state index in [0.29, 0.717) is 6.54 Å². The number of amides is 1. The van der Waals surface area contributed by atoms with Crippen molar-refractivity contribution in [1.82, 2.24) is 10.6 Å². The van der Waals surface area contributed by atoms with Gasteiger partial charge in [0.1, 0.15) is 0 Å². The number of carbonyl (C=O) groups excluding carboxylic acids is 1. The van der Waals surface area contributed by atoms with Crippen LogP contribution in [0.2, 0.25) is 5.02 Å². The van der Waals surface area contributed by atoms with E-state index in [0.717, 1.165) is 42.3 Å². The second kappa shape index (κ2) is 8.82. The standard InChI is InChI=1S/C15H24ClN3O/c1-4-8-19(11-15(20)17-3)14-7-6-13(16)9-12(14)10-18-5-2/h6-7,9,18H,4-5,8,10-11H2,1-3H3,(H,17,20). The lowest BCUT2D eigenvalue weighted by atomic mass is 10.1. The molecule has 20 heavy (non-hydrogen) atoms. The molecule has 0 radical (unpaired) electrons. The maximum absolute atomic E-state index is 11.7. The molecule has 0 aliphatic carbocycles. The van der Waals surface area contributed by atoms with Gasteiger partial charge in [0.2, 0.25) is 5.91 Å². The lowest BCUT2D eigenvalue weighted by molar-refractivity contribution is -0.119.